The van der Waals surface area contributed by atoms with E-state index in [1.54, 1.807) is 0 Å². The van der Waals surface area contributed by atoms with Crippen LogP contribution in [0.2, 0.25) is 0 Å². The maximum Gasteiger partial charge on any atom is 0.334 e. The fraction of sp³-hybridized carbons (Fsp3) is 0.556. The highest BCUT2D eigenvalue weighted by Crippen LogP contribution is 2.48. The third-order valence-corrected chi connectivity index (χ3v) is 4.32. The Bertz CT molecular complexity index is 493. The molecule has 0 N–H and O–H groups in total. The Balaban J connectivity index is 0.00000242. The van der Waals surface area contributed by atoms with Gasteiger partial charge in [-0.05, 0) is 38.2 Å². The van der Waals surface area contributed by atoms with Crippen molar-refractivity contribution in [2.45, 2.75) is 57.8 Å². The lowest BCUT2D eigenvalue weighted by Crippen LogP contribution is -2.28. The lowest BCUT2D eigenvalue weighted by Gasteiger charge is -2.17. The van der Waals surface area contributed by atoms with Crippen molar-refractivity contribution in [3.05, 3.63) is 37.0 Å². The summed E-state index contributed by atoms with van der Waals surface area (Å²) in [5, 5.41) is 0. The molecule has 0 unspecified atom stereocenters. The standard InChI is InChI=1S/C17H22O4.CH4/c1-5-9-17(4)15(21-17)14-13(12(3)16(19)20-14)8-6-7-11(2)10-18;/h5,10,13-15H,1-3,6-9H2,4H3;1H4/t13-,14-,15+,17+;/m0./s1. The van der Waals surface area contributed by atoms with Crippen LogP contribution in [-0.2, 0) is 19.1 Å². The molecule has 4 heteroatoms. The number of esters is 1. The zero-order chi connectivity index (χ0) is 15.6. The topological polar surface area (TPSA) is 55.9 Å². The number of carbonyl (C=O) groups is 2. The van der Waals surface area contributed by atoms with Gasteiger partial charge in [0.25, 0.3) is 0 Å². The first-order chi connectivity index (χ1) is 9.92. The molecule has 22 heavy (non-hydrogen) atoms. The van der Waals surface area contributed by atoms with Crippen molar-refractivity contribution in [3.8, 4) is 0 Å². The molecule has 122 valence electrons. The molecule has 0 spiro atoms. The Labute approximate surface area is 132 Å². The minimum Gasteiger partial charge on any atom is -0.455 e. The molecule has 4 atom stereocenters. The summed E-state index contributed by atoms with van der Waals surface area (Å²) in [7, 11) is 0. The summed E-state index contributed by atoms with van der Waals surface area (Å²) in [5.41, 5.74) is 0.789. The fourth-order valence-electron chi connectivity index (χ4n) is 2.97. The summed E-state index contributed by atoms with van der Waals surface area (Å²) < 4.78 is 11.2. The van der Waals surface area contributed by atoms with Gasteiger partial charge < -0.3 is 9.47 Å². The van der Waals surface area contributed by atoms with Crippen molar-refractivity contribution in [1.29, 1.82) is 0 Å². The molecular formula is C18H26O4. The highest BCUT2D eigenvalue weighted by atomic mass is 16.6. The van der Waals surface area contributed by atoms with E-state index in [1.165, 1.54) is 0 Å². The fourth-order valence-corrected chi connectivity index (χ4v) is 2.97. The molecule has 2 rings (SSSR count). The third kappa shape index (κ3) is 3.55. The van der Waals surface area contributed by atoms with Gasteiger partial charge in [-0.3, -0.25) is 4.79 Å². The van der Waals surface area contributed by atoms with Crippen LogP contribution in [0.3, 0.4) is 0 Å². The average Bonchev–Trinajstić information content (AvgIpc) is 3.03. The minimum atomic E-state index is -0.337. The van der Waals surface area contributed by atoms with Crippen molar-refractivity contribution >= 4 is 12.3 Å². The molecule has 0 saturated carbocycles. The van der Waals surface area contributed by atoms with E-state index in [9.17, 15) is 9.59 Å². The second-order valence-electron chi connectivity index (χ2n) is 6.01. The number of ether oxygens (including phenoxy) is 2. The molecular weight excluding hydrogens is 280 g/mol. The van der Waals surface area contributed by atoms with Crippen LogP contribution in [0.5, 0.6) is 0 Å². The van der Waals surface area contributed by atoms with Crippen LogP contribution in [0, 0.1) is 5.92 Å². The second kappa shape index (κ2) is 7.05. The molecule has 0 aromatic carbocycles. The highest BCUT2D eigenvalue weighted by molar-refractivity contribution is 5.91. The average molecular weight is 306 g/mol. The summed E-state index contributed by atoms with van der Waals surface area (Å²) in [5.74, 6) is -0.385. The van der Waals surface area contributed by atoms with E-state index in [1.807, 2.05) is 13.0 Å². The summed E-state index contributed by atoms with van der Waals surface area (Å²) in [4.78, 5) is 22.3. The third-order valence-electron chi connectivity index (χ3n) is 4.32. The van der Waals surface area contributed by atoms with E-state index >= 15 is 0 Å². The summed E-state index contributed by atoms with van der Waals surface area (Å²) in [6.07, 6.45) is 5.09. The van der Waals surface area contributed by atoms with Gasteiger partial charge in [-0.15, -0.1) is 6.58 Å². The number of epoxide rings is 1. The van der Waals surface area contributed by atoms with Crippen molar-refractivity contribution in [2.24, 2.45) is 5.92 Å². The number of aldehydes is 1. The van der Waals surface area contributed by atoms with Crippen molar-refractivity contribution in [3.63, 3.8) is 0 Å². The lowest BCUT2D eigenvalue weighted by molar-refractivity contribution is -0.140. The molecule has 0 aliphatic carbocycles. The van der Waals surface area contributed by atoms with Gasteiger partial charge in [-0.25, -0.2) is 4.79 Å². The first-order valence-corrected chi connectivity index (χ1v) is 7.24. The first kappa shape index (κ1) is 18.4. The van der Waals surface area contributed by atoms with Gasteiger partial charge in [0.2, 0.25) is 0 Å². The van der Waals surface area contributed by atoms with Gasteiger partial charge in [0.05, 0.1) is 5.60 Å². The Morgan fingerprint density at radius 1 is 1.45 bits per heavy atom. The lowest BCUT2D eigenvalue weighted by atomic mass is 9.86. The van der Waals surface area contributed by atoms with Gasteiger partial charge >= 0.3 is 5.97 Å². The van der Waals surface area contributed by atoms with Gasteiger partial charge in [-0.2, -0.15) is 0 Å². The first-order valence-electron chi connectivity index (χ1n) is 7.24. The maximum atomic E-state index is 11.8. The molecule has 0 aromatic heterocycles. The quantitative estimate of drug-likeness (QED) is 0.227. The molecule has 2 saturated heterocycles. The number of carbonyl (C=O) groups excluding carboxylic acids is 2. The van der Waals surface area contributed by atoms with Crippen LogP contribution >= 0.6 is 0 Å². The summed E-state index contributed by atoms with van der Waals surface area (Å²) in [6, 6.07) is 0. The largest absolute Gasteiger partial charge is 0.455 e. The number of hydrogen-bond acceptors (Lipinski definition) is 4. The molecule has 0 radical (unpaired) electrons. The predicted octanol–water partition coefficient (Wildman–Crippen LogP) is 3.38. The molecule has 0 aromatic rings. The second-order valence-corrected chi connectivity index (χ2v) is 6.01. The molecule has 2 heterocycles. The Morgan fingerprint density at radius 3 is 2.73 bits per heavy atom. The number of hydrogen-bond donors (Lipinski definition) is 0. The Hall–Kier alpha value is -1.68. The summed E-state index contributed by atoms with van der Waals surface area (Å²) >= 11 is 0. The van der Waals surface area contributed by atoms with Crippen LogP contribution in [0.15, 0.2) is 37.0 Å². The minimum absolute atomic E-state index is 0. The number of allylic oxidation sites excluding steroid dienone is 1. The molecule has 2 aliphatic heterocycles. The van der Waals surface area contributed by atoms with Crippen molar-refractivity contribution in [2.75, 3.05) is 0 Å². The Morgan fingerprint density at radius 2 is 2.14 bits per heavy atom. The van der Waals surface area contributed by atoms with Gasteiger partial charge in [0.15, 0.2) is 0 Å². The summed E-state index contributed by atoms with van der Waals surface area (Å²) in [6.45, 7) is 13.2. The van der Waals surface area contributed by atoms with E-state index in [4.69, 9.17) is 9.47 Å². The molecule has 2 aliphatic rings. The van der Waals surface area contributed by atoms with E-state index in [0.29, 0.717) is 17.6 Å². The van der Waals surface area contributed by atoms with E-state index in [-0.39, 0.29) is 37.1 Å². The molecule has 4 nitrogen and oxygen atoms in total. The van der Waals surface area contributed by atoms with E-state index < -0.39 is 0 Å². The predicted molar refractivity (Wildman–Crippen MR) is 86.4 cm³/mol. The van der Waals surface area contributed by atoms with Crippen LogP contribution < -0.4 is 0 Å². The van der Waals surface area contributed by atoms with Crippen molar-refractivity contribution in [1.82, 2.24) is 0 Å². The molecule has 2 fully saturated rings. The molecule has 0 amide bonds. The van der Waals surface area contributed by atoms with E-state index in [2.05, 4.69) is 19.7 Å². The maximum absolute atomic E-state index is 11.8. The van der Waals surface area contributed by atoms with Crippen LogP contribution in [-0.4, -0.2) is 30.1 Å². The van der Waals surface area contributed by atoms with Crippen molar-refractivity contribution < 1.29 is 19.1 Å². The Kier molecular flexibility index (Phi) is 5.89. The normalized spacial score (nSPS) is 32.9. The number of rotatable bonds is 8. The highest BCUT2D eigenvalue weighted by Gasteiger charge is 2.61. The molecule has 0 bridgehead atoms. The van der Waals surface area contributed by atoms with Gasteiger partial charge in [0, 0.05) is 11.5 Å². The monoisotopic (exact) mass is 306 g/mol. The van der Waals surface area contributed by atoms with Crippen LogP contribution in [0.25, 0.3) is 0 Å². The van der Waals surface area contributed by atoms with E-state index in [0.717, 1.165) is 25.5 Å². The van der Waals surface area contributed by atoms with Gasteiger partial charge in [0.1, 0.15) is 18.5 Å². The SMILES string of the molecule is C.C=CC[C@@]1(C)O[C@@H]1[C@H]1OC(=O)C(=C)[C@@H]1CCCC(=C)C=O. The van der Waals surface area contributed by atoms with Gasteiger partial charge in [-0.1, -0.05) is 26.7 Å². The zero-order valence-electron chi connectivity index (χ0n) is 12.5. The zero-order valence-corrected chi connectivity index (χ0v) is 12.5. The smallest absolute Gasteiger partial charge is 0.334 e. The van der Waals surface area contributed by atoms with Crippen LogP contribution in [0.4, 0.5) is 0 Å². The van der Waals surface area contributed by atoms with Crippen LogP contribution in [0.1, 0.15) is 40.0 Å². The number of cyclic esters (lactones) is 1.